The molecule has 0 atom stereocenters. The number of hydrogen-bond donors (Lipinski definition) is 3. The van der Waals surface area contributed by atoms with E-state index < -0.39 is 34.7 Å². The van der Waals surface area contributed by atoms with Gasteiger partial charge in [-0.05, 0) is 42.0 Å². The molecule has 2 aromatic carbocycles. The molecule has 0 bridgehead atoms. The second-order valence-corrected chi connectivity index (χ2v) is 7.69. The molecule has 3 N–H and O–H groups in total. The summed E-state index contributed by atoms with van der Waals surface area (Å²) in [7, 11) is -2.73. The highest BCUT2D eigenvalue weighted by molar-refractivity contribution is 7.92. The van der Waals surface area contributed by atoms with Gasteiger partial charge in [0.15, 0.2) is 0 Å². The molecule has 0 aromatic heterocycles. The Morgan fingerprint density at radius 3 is 2.07 bits per heavy atom. The van der Waals surface area contributed by atoms with Crippen LogP contribution in [0, 0.1) is 0 Å². The zero-order chi connectivity index (χ0) is 22.4. The first-order chi connectivity index (χ1) is 14.0. The van der Waals surface area contributed by atoms with Gasteiger partial charge in [0, 0.05) is 11.4 Å². The monoisotopic (exact) mass is 445 g/mol. The second kappa shape index (κ2) is 9.48. The van der Waals surface area contributed by atoms with Crippen LogP contribution in [0.2, 0.25) is 0 Å². The third kappa shape index (κ3) is 7.28. The third-order valence-electron chi connectivity index (χ3n) is 3.65. The van der Waals surface area contributed by atoms with Crippen LogP contribution in [0.5, 0.6) is 0 Å². The van der Waals surface area contributed by atoms with Crippen molar-refractivity contribution < 1.29 is 35.9 Å². The first kappa shape index (κ1) is 23.0. The van der Waals surface area contributed by atoms with Gasteiger partial charge < -0.3 is 10.1 Å². The maximum atomic E-state index is 12.4. The number of amides is 2. The van der Waals surface area contributed by atoms with Crippen LogP contribution in [-0.4, -0.2) is 40.2 Å². The number of carbonyl (C=O) groups excluding carboxylic acids is 2. The van der Waals surface area contributed by atoms with Crippen molar-refractivity contribution in [2.45, 2.75) is 17.5 Å². The molecular weight excluding hydrogens is 427 g/mol. The highest BCUT2D eigenvalue weighted by Crippen LogP contribution is 2.19. The number of methoxy groups -OCH3 is 1. The van der Waals surface area contributed by atoms with Gasteiger partial charge in [-0.1, -0.05) is 12.1 Å². The number of alkyl halides is 3. The van der Waals surface area contributed by atoms with Gasteiger partial charge >= 0.3 is 12.3 Å². The first-order valence-corrected chi connectivity index (χ1v) is 9.87. The Kier molecular flexibility index (Phi) is 7.27. The molecule has 0 saturated heterocycles. The Labute approximate surface area is 170 Å². The summed E-state index contributed by atoms with van der Waals surface area (Å²) in [6, 6.07) is 11.0. The molecular formula is C18H18F3N3O5S. The quantitative estimate of drug-likeness (QED) is 0.607. The maximum Gasteiger partial charge on any atom is 0.411 e. The minimum atomic E-state index is -4.49. The van der Waals surface area contributed by atoms with E-state index in [0.29, 0.717) is 11.3 Å². The molecule has 0 radical (unpaired) electrons. The van der Waals surface area contributed by atoms with Gasteiger partial charge in [0.05, 0.1) is 18.4 Å². The molecule has 0 aliphatic heterocycles. The molecule has 0 spiro atoms. The highest BCUT2D eigenvalue weighted by atomic mass is 32.2. The predicted molar refractivity (Wildman–Crippen MR) is 102 cm³/mol. The van der Waals surface area contributed by atoms with Crippen molar-refractivity contribution in [2.24, 2.45) is 0 Å². The molecule has 12 heteroatoms. The maximum absolute atomic E-state index is 12.4. The third-order valence-corrected chi connectivity index (χ3v) is 5.05. The van der Waals surface area contributed by atoms with Crippen LogP contribution in [0.25, 0.3) is 0 Å². The molecule has 30 heavy (non-hydrogen) atoms. The Morgan fingerprint density at radius 1 is 0.967 bits per heavy atom. The number of ether oxygens (including phenoxy) is 1. The Morgan fingerprint density at radius 2 is 1.53 bits per heavy atom. The molecule has 0 saturated carbocycles. The van der Waals surface area contributed by atoms with Crippen molar-refractivity contribution >= 4 is 33.4 Å². The molecule has 2 aromatic rings. The number of carbonyl (C=O) groups is 2. The van der Waals surface area contributed by atoms with Crippen molar-refractivity contribution in [2.75, 3.05) is 23.7 Å². The zero-order valence-electron chi connectivity index (χ0n) is 15.6. The van der Waals surface area contributed by atoms with Crippen molar-refractivity contribution in [1.29, 1.82) is 0 Å². The van der Waals surface area contributed by atoms with Crippen LogP contribution >= 0.6 is 0 Å². The molecule has 0 aliphatic rings. The van der Waals surface area contributed by atoms with Crippen molar-refractivity contribution in [1.82, 2.24) is 5.32 Å². The smallest absolute Gasteiger partial charge is 0.411 e. The highest BCUT2D eigenvalue weighted by Gasteiger charge is 2.27. The summed E-state index contributed by atoms with van der Waals surface area (Å²) in [6.07, 6.45) is -5.47. The van der Waals surface area contributed by atoms with Gasteiger partial charge in [-0.15, -0.1) is 0 Å². The van der Waals surface area contributed by atoms with Gasteiger partial charge in [-0.25, -0.2) is 13.2 Å². The normalized spacial score (nSPS) is 11.5. The Balaban J connectivity index is 1.98. The van der Waals surface area contributed by atoms with Gasteiger partial charge in [-0.2, -0.15) is 13.2 Å². The number of rotatable bonds is 7. The zero-order valence-corrected chi connectivity index (χ0v) is 16.4. The molecule has 162 valence electrons. The fraction of sp³-hybridized carbons (Fsp3) is 0.222. The van der Waals surface area contributed by atoms with Gasteiger partial charge in [0.1, 0.15) is 6.54 Å². The van der Waals surface area contributed by atoms with Gasteiger partial charge in [-0.3, -0.25) is 14.8 Å². The van der Waals surface area contributed by atoms with E-state index in [1.54, 1.807) is 5.32 Å². The lowest BCUT2D eigenvalue weighted by atomic mass is 10.1. The number of halogens is 3. The number of hydrogen-bond acceptors (Lipinski definition) is 5. The summed E-state index contributed by atoms with van der Waals surface area (Å²) in [4.78, 5) is 22.6. The van der Waals surface area contributed by atoms with Crippen molar-refractivity contribution in [3.8, 4) is 0 Å². The van der Waals surface area contributed by atoms with E-state index in [1.165, 1.54) is 55.6 Å². The molecule has 2 amide bonds. The lowest BCUT2D eigenvalue weighted by molar-refractivity contribution is -0.138. The van der Waals surface area contributed by atoms with E-state index >= 15 is 0 Å². The fourth-order valence-electron chi connectivity index (χ4n) is 2.24. The average molecular weight is 445 g/mol. The lowest BCUT2D eigenvalue weighted by Crippen LogP contribution is -2.34. The Bertz CT molecular complexity index is 991. The van der Waals surface area contributed by atoms with Gasteiger partial charge in [0.2, 0.25) is 5.91 Å². The summed E-state index contributed by atoms with van der Waals surface area (Å²) in [5.41, 5.74) is 0.955. The standard InChI is InChI=1S/C18H18F3N3O5S/c1-29-17(26)23-13-6-8-15(9-7-13)30(27,28)24-14-4-2-12(3-5-14)10-16(25)22-11-18(19,20)21/h2-9,24H,10-11H2,1H3,(H,22,25)(H,23,26). The number of nitrogens with one attached hydrogen (secondary N) is 3. The van der Waals surface area contributed by atoms with Crippen molar-refractivity contribution in [3.63, 3.8) is 0 Å². The fourth-order valence-corrected chi connectivity index (χ4v) is 3.30. The van der Waals surface area contributed by atoms with Crippen LogP contribution in [0.3, 0.4) is 0 Å². The Hall–Kier alpha value is -3.28. The molecule has 8 nitrogen and oxygen atoms in total. The van der Waals surface area contributed by atoms with E-state index in [0.717, 1.165) is 0 Å². The van der Waals surface area contributed by atoms with Crippen LogP contribution < -0.4 is 15.4 Å². The predicted octanol–water partition coefficient (Wildman–Crippen LogP) is 2.89. The summed E-state index contributed by atoms with van der Waals surface area (Å²) in [6.45, 7) is -1.42. The minimum absolute atomic E-state index is 0.0616. The average Bonchev–Trinajstić information content (AvgIpc) is 2.67. The summed E-state index contributed by atoms with van der Waals surface area (Å²) in [5.74, 6) is -0.804. The van der Waals surface area contributed by atoms with E-state index in [1.807, 2.05) is 0 Å². The second-order valence-electron chi connectivity index (χ2n) is 6.01. The molecule has 2 rings (SSSR count). The van der Waals surface area contributed by atoms with E-state index in [4.69, 9.17) is 0 Å². The summed E-state index contributed by atoms with van der Waals surface area (Å²) in [5, 5.41) is 4.14. The molecule has 0 unspecified atom stereocenters. The SMILES string of the molecule is COC(=O)Nc1ccc(S(=O)(=O)Nc2ccc(CC(=O)NCC(F)(F)F)cc2)cc1. The summed E-state index contributed by atoms with van der Waals surface area (Å²) >= 11 is 0. The lowest BCUT2D eigenvalue weighted by Gasteiger charge is -2.10. The molecule has 0 fully saturated rings. The van der Waals surface area contributed by atoms with Crippen molar-refractivity contribution in [3.05, 3.63) is 54.1 Å². The topological polar surface area (TPSA) is 114 Å². The number of benzene rings is 2. The minimum Gasteiger partial charge on any atom is -0.453 e. The van der Waals surface area contributed by atoms with Crippen LogP contribution in [0.15, 0.2) is 53.4 Å². The first-order valence-electron chi connectivity index (χ1n) is 8.39. The molecule has 0 aliphatic carbocycles. The van der Waals surface area contributed by atoms with Crippen LogP contribution in [-0.2, 0) is 26.0 Å². The number of sulfonamides is 1. The largest absolute Gasteiger partial charge is 0.453 e. The van der Waals surface area contributed by atoms with E-state index in [2.05, 4.69) is 14.8 Å². The summed E-state index contributed by atoms with van der Waals surface area (Å²) < 4.78 is 67.9. The van der Waals surface area contributed by atoms with Crippen LogP contribution in [0.1, 0.15) is 5.56 Å². The number of anilines is 2. The molecule has 0 heterocycles. The van der Waals surface area contributed by atoms with Gasteiger partial charge in [0.25, 0.3) is 10.0 Å². The van der Waals surface area contributed by atoms with Crippen LogP contribution in [0.4, 0.5) is 29.3 Å². The van der Waals surface area contributed by atoms with E-state index in [9.17, 15) is 31.2 Å². The van der Waals surface area contributed by atoms with E-state index in [-0.39, 0.29) is 17.0 Å².